The maximum absolute atomic E-state index is 12.6. The van der Waals surface area contributed by atoms with Crippen molar-refractivity contribution in [2.24, 2.45) is 0 Å². The summed E-state index contributed by atoms with van der Waals surface area (Å²) in [4.78, 5) is 37.8. The van der Waals surface area contributed by atoms with Gasteiger partial charge in [-0.05, 0) is 38.2 Å². The van der Waals surface area contributed by atoms with Crippen molar-refractivity contribution in [2.75, 3.05) is 0 Å². The van der Waals surface area contributed by atoms with Crippen molar-refractivity contribution in [3.8, 4) is 5.69 Å². The average Bonchev–Trinajstić information content (AvgIpc) is 2.43. The fraction of sp³-hybridized carbons (Fsp3) is 0.200. The van der Waals surface area contributed by atoms with Crippen LogP contribution in [0.3, 0.4) is 0 Å². The molecule has 0 amide bonds. The number of hydrogen-bond acceptors (Lipinski definition) is 4. The molecule has 0 fully saturated rings. The number of benzene rings is 1. The minimum Gasteiger partial charge on any atom is -0.481 e. The number of carbonyl (C=O) groups is 2. The second-order valence-electron chi connectivity index (χ2n) is 4.85. The van der Waals surface area contributed by atoms with Crippen LogP contribution in [0.15, 0.2) is 29.1 Å². The number of aromatic amines is 1. The third-order valence-corrected chi connectivity index (χ3v) is 3.53. The van der Waals surface area contributed by atoms with Crippen molar-refractivity contribution in [1.29, 1.82) is 0 Å². The molecule has 1 heterocycles. The van der Waals surface area contributed by atoms with Gasteiger partial charge in [0, 0.05) is 16.8 Å². The largest absolute Gasteiger partial charge is 0.481 e. The molecule has 0 unspecified atom stereocenters. The zero-order valence-corrected chi connectivity index (χ0v) is 12.9. The van der Waals surface area contributed by atoms with E-state index in [1.807, 2.05) is 0 Å². The van der Waals surface area contributed by atoms with Crippen LogP contribution in [0.1, 0.15) is 28.5 Å². The van der Waals surface area contributed by atoms with Crippen LogP contribution in [-0.4, -0.2) is 26.4 Å². The lowest BCUT2D eigenvalue weighted by Crippen LogP contribution is -2.27. The molecule has 1 aromatic carbocycles. The number of hydrogen-bond donors (Lipinski definition) is 2. The molecular formula is C15H14N2O4S. The van der Waals surface area contributed by atoms with Gasteiger partial charge >= 0.3 is 5.97 Å². The van der Waals surface area contributed by atoms with Crippen LogP contribution in [0, 0.1) is 11.7 Å². The van der Waals surface area contributed by atoms with Crippen LogP contribution in [0.4, 0.5) is 0 Å². The maximum Gasteiger partial charge on any atom is 0.308 e. The van der Waals surface area contributed by atoms with Crippen LogP contribution in [0.5, 0.6) is 0 Å². The van der Waals surface area contributed by atoms with Crippen molar-refractivity contribution in [3.05, 3.63) is 56.2 Å². The molecule has 22 heavy (non-hydrogen) atoms. The van der Waals surface area contributed by atoms with Gasteiger partial charge < -0.3 is 10.1 Å². The third-order valence-electron chi connectivity index (χ3n) is 3.25. The SMILES string of the molecule is CC(=O)c1cccc(-n2c(=S)[nH]c(C)c(CC(=O)O)c2=O)c1. The number of nitrogens with zero attached hydrogens (tertiary/aromatic N) is 1. The number of carboxylic acids is 1. The number of H-pyrrole nitrogens is 1. The topological polar surface area (TPSA) is 92.2 Å². The van der Waals surface area contributed by atoms with Crippen LogP contribution >= 0.6 is 12.2 Å². The Balaban J connectivity index is 2.73. The first-order chi connectivity index (χ1) is 10.3. The van der Waals surface area contributed by atoms with Gasteiger partial charge in [0.2, 0.25) is 0 Å². The van der Waals surface area contributed by atoms with E-state index in [1.165, 1.54) is 11.5 Å². The molecule has 0 bridgehead atoms. The highest BCUT2D eigenvalue weighted by Crippen LogP contribution is 2.11. The summed E-state index contributed by atoms with van der Waals surface area (Å²) in [5, 5.41) is 8.93. The van der Waals surface area contributed by atoms with Gasteiger partial charge in [-0.15, -0.1) is 0 Å². The standard InChI is InChI=1S/C15H14N2O4S/c1-8-12(7-13(19)20)14(21)17(15(22)16-8)11-5-3-4-10(6-11)9(2)18/h3-6H,7H2,1-2H3,(H,16,22)(H,19,20). The number of aromatic nitrogens is 2. The molecule has 0 saturated carbocycles. The first-order valence-corrected chi connectivity index (χ1v) is 6.90. The second kappa shape index (κ2) is 6.07. The van der Waals surface area contributed by atoms with E-state index < -0.39 is 17.9 Å². The normalized spacial score (nSPS) is 10.5. The molecule has 0 radical (unpaired) electrons. The number of rotatable bonds is 4. The summed E-state index contributed by atoms with van der Waals surface area (Å²) < 4.78 is 1.35. The lowest BCUT2D eigenvalue weighted by Gasteiger charge is -2.11. The Morgan fingerprint density at radius 2 is 2.05 bits per heavy atom. The average molecular weight is 318 g/mol. The minimum atomic E-state index is -1.10. The van der Waals surface area contributed by atoms with Gasteiger partial charge in [0.05, 0.1) is 12.1 Å². The molecule has 2 rings (SSSR count). The molecule has 7 heteroatoms. The van der Waals surface area contributed by atoms with E-state index in [2.05, 4.69) is 4.98 Å². The summed E-state index contributed by atoms with van der Waals surface area (Å²) in [5.74, 6) is -1.24. The van der Waals surface area contributed by atoms with E-state index in [-0.39, 0.29) is 16.1 Å². The Hall–Kier alpha value is -2.54. The highest BCUT2D eigenvalue weighted by molar-refractivity contribution is 7.71. The van der Waals surface area contributed by atoms with Crippen molar-refractivity contribution >= 4 is 24.0 Å². The Morgan fingerprint density at radius 1 is 1.36 bits per heavy atom. The van der Waals surface area contributed by atoms with E-state index in [0.717, 1.165) is 0 Å². The number of Topliss-reactive ketones (excluding diaryl/α,β-unsaturated/α-hetero) is 1. The fourth-order valence-corrected chi connectivity index (χ4v) is 2.48. The zero-order valence-electron chi connectivity index (χ0n) is 12.0. The summed E-state index contributed by atoms with van der Waals surface area (Å²) in [6.45, 7) is 3.03. The molecule has 2 N–H and O–H groups in total. The Bertz CT molecular complexity index is 880. The van der Waals surface area contributed by atoms with E-state index in [0.29, 0.717) is 16.9 Å². The summed E-state index contributed by atoms with van der Waals surface area (Å²) >= 11 is 5.17. The first kappa shape index (κ1) is 15.8. The Morgan fingerprint density at radius 3 is 2.64 bits per heavy atom. The number of carbonyl (C=O) groups excluding carboxylic acids is 1. The first-order valence-electron chi connectivity index (χ1n) is 6.49. The summed E-state index contributed by atoms with van der Waals surface area (Å²) in [7, 11) is 0. The number of ketones is 1. The van der Waals surface area contributed by atoms with Crippen LogP contribution < -0.4 is 5.56 Å². The number of carboxylic acid groups (broad SMARTS) is 1. The quantitative estimate of drug-likeness (QED) is 0.665. The van der Waals surface area contributed by atoms with Crippen molar-refractivity contribution in [2.45, 2.75) is 20.3 Å². The van der Waals surface area contributed by atoms with E-state index in [1.54, 1.807) is 31.2 Å². The highest BCUT2D eigenvalue weighted by Gasteiger charge is 2.14. The van der Waals surface area contributed by atoms with Gasteiger partial charge in [-0.2, -0.15) is 0 Å². The molecule has 1 aromatic heterocycles. The summed E-state index contributed by atoms with van der Waals surface area (Å²) in [6.07, 6.45) is -0.400. The molecule has 0 aliphatic carbocycles. The molecular weight excluding hydrogens is 304 g/mol. The highest BCUT2D eigenvalue weighted by atomic mass is 32.1. The molecule has 2 aromatic rings. The van der Waals surface area contributed by atoms with E-state index in [4.69, 9.17) is 17.3 Å². The van der Waals surface area contributed by atoms with Gasteiger partial charge in [-0.3, -0.25) is 19.0 Å². The lowest BCUT2D eigenvalue weighted by molar-refractivity contribution is -0.136. The molecule has 0 spiro atoms. The fourth-order valence-electron chi connectivity index (χ4n) is 2.14. The molecule has 0 aliphatic rings. The van der Waals surface area contributed by atoms with Crippen LogP contribution in [-0.2, 0) is 11.2 Å². The predicted octanol–water partition coefficient (Wildman–Crippen LogP) is 2.03. The Labute approximate surface area is 131 Å². The maximum atomic E-state index is 12.6. The van der Waals surface area contributed by atoms with Crippen LogP contribution in [0.2, 0.25) is 0 Å². The van der Waals surface area contributed by atoms with E-state index >= 15 is 0 Å². The summed E-state index contributed by atoms with van der Waals surface area (Å²) in [6, 6.07) is 6.46. The van der Waals surface area contributed by atoms with E-state index in [9.17, 15) is 14.4 Å². The lowest BCUT2D eigenvalue weighted by atomic mass is 10.1. The van der Waals surface area contributed by atoms with Gasteiger partial charge in [0.25, 0.3) is 5.56 Å². The van der Waals surface area contributed by atoms with Crippen molar-refractivity contribution in [3.63, 3.8) is 0 Å². The van der Waals surface area contributed by atoms with Gasteiger partial charge in [0.1, 0.15) is 0 Å². The molecule has 6 nitrogen and oxygen atoms in total. The minimum absolute atomic E-state index is 0.134. The molecule has 0 atom stereocenters. The van der Waals surface area contributed by atoms with Crippen LogP contribution in [0.25, 0.3) is 5.69 Å². The Kier molecular flexibility index (Phi) is 4.37. The number of aliphatic carboxylic acids is 1. The smallest absolute Gasteiger partial charge is 0.308 e. The monoisotopic (exact) mass is 318 g/mol. The number of aryl methyl sites for hydroxylation is 1. The predicted molar refractivity (Wildman–Crippen MR) is 83.3 cm³/mol. The second-order valence-corrected chi connectivity index (χ2v) is 5.24. The van der Waals surface area contributed by atoms with Crippen molar-refractivity contribution in [1.82, 2.24) is 9.55 Å². The van der Waals surface area contributed by atoms with Crippen molar-refractivity contribution < 1.29 is 14.7 Å². The third kappa shape index (κ3) is 3.04. The van der Waals surface area contributed by atoms with Gasteiger partial charge in [-0.25, -0.2) is 0 Å². The molecule has 0 saturated heterocycles. The van der Waals surface area contributed by atoms with Gasteiger partial charge in [0.15, 0.2) is 10.6 Å². The summed E-state index contributed by atoms with van der Waals surface area (Å²) in [5.41, 5.74) is 0.930. The molecule has 114 valence electrons. The zero-order chi connectivity index (χ0) is 16.4. The number of nitrogens with one attached hydrogen (secondary N) is 1. The van der Waals surface area contributed by atoms with Gasteiger partial charge in [-0.1, -0.05) is 12.1 Å². The molecule has 0 aliphatic heterocycles.